The molecule has 1 heterocycles. The quantitative estimate of drug-likeness (QED) is 0.250. The zero-order valence-electron chi connectivity index (χ0n) is 18.5. The van der Waals surface area contributed by atoms with Gasteiger partial charge in [0, 0.05) is 22.0 Å². The number of halogens is 5. The van der Waals surface area contributed by atoms with Gasteiger partial charge in [0.05, 0.1) is 23.4 Å². The standard InChI is InChI=1S/C24H17Cl2F3N4O2S/c1-35-18-9-7-17(8-10-18)33-22(14-2-4-15(25)5-3-14)31-32-23(33)36-13-21(34)30-16-6-11-20(26)19(12-16)24(27,28)29/h2-12H,13H2,1H3,(H,30,34). The topological polar surface area (TPSA) is 69.0 Å². The first kappa shape index (κ1) is 25.9. The third-order valence-corrected chi connectivity index (χ3v) is 6.46. The summed E-state index contributed by atoms with van der Waals surface area (Å²) in [5.74, 6) is 0.536. The second-order valence-electron chi connectivity index (χ2n) is 7.38. The van der Waals surface area contributed by atoms with E-state index in [0.717, 1.165) is 35.1 Å². The van der Waals surface area contributed by atoms with Crippen molar-refractivity contribution in [2.24, 2.45) is 0 Å². The molecule has 0 aliphatic heterocycles. The van der Waals surface area contributed by atoms with Crippen LogP contribution in [0.3, 0.4) is 0 Å². The Balaban J connectivity index is 1.58. The number of thioether (sulfide) groups is 1. The van der Waals surface area contributed by atoms with Crippen LogP contribution in [0.1, 0.15) is 5.56 Å². The van der Waals surface area contributed by atoms with E-state index >= 15 is 0 Å². The molecule has 36 heavy (non-hydrogen) atoms. The van der Waals surface area contributed by atoms with Crippen molar-refractivity contribution in [3.8, 4) is 22.8 Å². The largest absolute Gasteiger partial charge is 0.497 e. The van der Waals surface area contributed by atoms with Gasteiger partial charge in [0.2, 0.25) is 5.91 Å². The normalized spacial score (nSPS) is 11.4. The highest BCUT2D eigenvalue weighted by Crippen LogP contribution is 2.36. The van der Waals surface area contributed by atoms with Gasteiger partial charge in [0.25, 0.3) is 0 Å². The Morgan fingerprint density at radius 2 is 1.72 bits per heavy atom. The zero-order valence-corrected chi connectivity index (χ0v) is 20.8. The Morgan fingerprint density at radius 1 is 1.03 bits per heavy atom. The molecule has 1 amide bonds. The molecule has 0 saturated carbocycles. The number of aromatic nitrogens is 3. The number of hydrogen-bond acceptors (Lipinski definition) is 5. The van der Waals surface area contributed by atoms with E-state index in [4.69, 9.17) is 27.9 Å². The molecule has 1 N–H and O–H groups in total. The van der Waals surface area contributed by atoms with E-state index in [0.29, 0.717) is 21.8 Å². The van der Waals surface area contributed by atoms with Crippen LogP contribution in [0.25, 0.3) is 17.1 Å². The lowest BCUT2D eigenvalue weighted by Crippen LogP contribution is -2.15. The van der Waals surface area contributed by atoms with E-state index in [1.54, 1.807) is 48.1 Å². The molecule has 4 aromatic rings. The fourth-order valence-corrected chi connectivity index (χ4v) is 4.36. The minimum Gasteiger partial charge on any atom is -0.497 e. The molecule has 0 bridgehead atoms. The number of hydrogen-bond donors (Lipinski definition) is 1. The lowest BCUT2D eigenvalue weighted by atomic mass is 10.2. The Kier molecular flexibility index (Phi) is 7.77. The maximum Gasteiger partial charge on any atom is 0.417 e. The van der Waals surface area contributed by atoms with E-state index < -0.39 is 22.7 Å². The van der Waals surface area contributed by atoms with Crippen LogP contribution < -0.4 is 10.1 Å². The van der Waals surface area contributed by atoms with Crippen LogP contribution >= 0.6 is 35.0 Å². The number of amides is 1. The number of benzene rings is 3. The summed E-state index contributed by atoms with van der Waals surface area (Å²) in [5, 5.41) is 11.5. The van der Waals surface area contributed by atoms with Crippen molar-refractivity contribution in [1.29, 1.82) is 0 Å². The highest BCUT2D eigenvalue weighted by atomic mass is 35.5. The smallest absolute Gasteiger partial charge is 0.417 e. The number of anilines is 1. The van der Waals surface area contributed by atoms with Crippen LogP contribution in [-0.2, 0) is 11.0 Å². The van der Waals surface area contributed by atoms with Crippen molar-refractivity contribution in [3.63, 3.8) is 0 Å². The van der Waals surface area contributed by atoms with E-state index in [1.807, 2.05) is 12.1 Å². The molecule has 4 rings (SSSR count). The molecule has 0 spiro atoms. The number of nitrogens with one attached hydrogen (secondary N) is 1. The number of carbonyl (C=O) groups is 1. The highest BCUT2D eigenvalue weighted by Gasteiger charge is 2.33. The Bertz CT molecular complexity index is 1380. The average molecular weight is 553 g/mol. The first-order valence-electron chi connectivity index (χ1n) is 10.3. The summed E-state index contributed by atoms with van der Waals surface area (Å²) in [6, 6.07) is 17.4. The number of alkyl halides is 3. The van der Waals surface area contributed by atoms with Gasteiger partial charge in [0.1, 0.15) is 5.75 Å². The van der Waals surface area contributed by atoms with E-state index in [1.165, 1.54) is 6.07 Å². The summed E-state index contributed by atoms with van der Waals surface area (Å²) in [6.07, 6.45) is -4.64. The summed E-state index contributed by atoms with van der Waals surface area (Å²) >= 11 is 12.7. The maximum atomic E-state index is 13.1. The van der Waals surface area contributed by atoms with Crippen LogP contribution in [0.2, 0.25) is 10.0 Å². The molecule has 0 aliphatic rings. The second-order valence-corrected chi connectivity index (χ2v) is 9.16. The van der Waals surface area contributed by atoms with Crippen LogP contribution in [-0.4, -0.2) is 33.5 Å². The third kappa shape index (κ3) is 5.95. The SMILES string of the molecule is COc1ccc(-n2c(SCC(=O)Nc3ccc(Cl)c(C(F)(F)F)c3)nnc2-c2ccc(Cl)cc2)cc1. The Hall–Kier alpha value is -3.21. The summed E-state index contributed by atoms with van der Waals surface area (Å²) in [7, 11) is 1.56. The van der Waals surface area contributed by atoms with Gasteiger partial charge in [-0.15, -0.1) is 10.2 Å². The van der Waals surface area contributed by atoms with Crippen LogP contribution in [0.5, 0.6) is 5.75 Å². The first-order chi connectivity index (χ1) is 17.2. The van der Waals surface area contributed by atoms with Crippen molar-refractivity contribution in [1.82, 2.24) is 14.8 Å². The fourth-order valence-electron chi connectivity index (χ4n) is 3.26. The van der Waals surface area contributed by atoms with Gasteiger partial charge in [-0.05, 0) is 66.7 Å². The van der Waals surface area contributed by atoms with Crippen molar-refractivity contribution in [2.45, 2.75) is 11.3 Å². The van der Waals surface area contributed by atoms with E-state index in [2.05, 4.69) is 15.5 Å². The number of methoxy groups -OCH3 is 1. The lowest BCUT2D eigenvalue weighted by Gasteiger charge is -2.12. The van der Waals surface area contributed by atoms with Gasteiger partial charge in [-0.1, -0.05) is 35.0 Å². The fraction of sp³-hybridized carbons (Fsp3) is 0.125. The highest BCUT2D eigenvalue weighted by molar-refractivity contribution is 7.99. The van der Waals surface area contributed by atoms with E-state index in [9.17, 15) is 18.0 Å². The Labute approximate surface area is 218 Å². The third-order valence-electron chi connectivity index (χ3n) is 4.95. The minimum atomic E-state index is -4.64. The summed E-state index contributed by atoms with van der Waals surface area (Å²) in [5.41, 5.74) is 0.429. The van der Waals surface area contributed by atoms with Crippen molar-refractivity contribution < 1.29 is 22.7 Å². The number of rotatable bonds is 7. The summed E-state index contributed by atoms with van der Waals surface area (Å²) < 4.78 is 46.4. The molecule has 0 saturated heterocycles. The first-order valence-corrected chi connectivity index (χ1v) is 12.0. The molecule has 1 aromatic heterocycles. The lowest BCUT2D eigenvalue weighted by molar-refractivity contribution is -0.137. The predicted molar refractivity (Wildman–Crippen MR) is 134 cm³/mol. The molecule has 0 fully saturated rings. The molecule has 12 heteroatoms. The van der Waals surface area contributed by atoms with Gasteiger partial charge in [0.15, 0.2) is 11.0 Å². The Morgan fingerprint density at radius 3 is 2.36 bits per heavy atom. The van der Waals surface area contributed by atoms with Gasteiger partial charge in [-0.3, -0.25) is 9.36 Å². The summed E-state index contributed by atoms with van der Waals surface area (Å²) in [4.78, 5) is 12.5. The van der Waals surface area contributed by atoms with Crippen LogP contribution in [0.4, 0.5) is 18.9 Å². The zero-order chi connectivity index (χ0) is 25.9. The molecule has 3 aromatic carbocycles. The number of carbonyl (C=O) groups excluding carboxylic acids is 1. The maximum absolute atomic E-state index is 13.1. The number of ether oxygens (including phenoxy) is 1. The second kappa shape index (κ2) is 10.8. The molecule has 0 radical (unpaired) electrons. The van der Waals surface area contributed by atoms with Gasteiger partial charge in [-0.2, -0.15) is 13.2 Å². The molecule has 0 unspecified atom stereocenters. The van der Waals surface area contributed by atoms with Crippen molar-refractivity contribution in [3.05, 3.63) is 82.3 Å². The molecular formula is C24H17Cl2F3N4O2S. The molecular weight excluding hydrogens is 536 g/mol. The molecule has 0 atom stereocenters. The van der Waals surface area contributed by atoms with Gasteiger partial charge in [-0.25, -0.2) is 0 Å². The average Bonchev–Trinajstić information content (AvgIpc) is 3.27. The summed E-state index contributed by atoms with van der Waals surface area (Å²) in [6.45, 7) is 0. The van der Waals surface area contributed by atoms with Gasteiger partial charge < -0.3 is 10.1 Å². The number of nitrogens with zero attached hydrogens (tertiary/aromatic N) is 3. The van der Waals surface area contributed by atoms with Crippen LogP contribution in [0, 0.1) is 0 Å². The molecule has 6 nitrogen and oxygen atoms in total. The molecule has 186 valence electrons. The minimum absolute atomic E-state index is 0.0178. The predicted octanol–water partition coefficient (Wildman–Crippen LogP) is 7.00. The van der Waals surface area contributed by atoms with Crippen LogP contribution in [0.15, 0.2) is 71.9 Å². The van der Waals surface area contributed by atoms with E-state index in [-0.39, 0.29) is 11.4 Å². The van der Waals surface area contributed by atoms with Crippen molar-refractivity contribution in [2.75, 3.05) is 18.2 Å². The van der Waals surface area contributed by atoms with Crippen molar-refractivity contribution >= 4 is 46.6 Å². The van der Waals surface area contributed by atoms with Gasteiger partial charge >= 0.3 is 6.18 Å². The molecule has 0 aliphatic carbocycles. The monoisotopic (exact) mass is 552 g/mol.